The van der Waals surface area contributed by atoms with Gasteiger partial charge in [-0.1, -0.05) is 32.6 Å². The standard InChI is InChI=1S/C7H15NO/c1-2-3-4-5-6-7-9-8/h2-7H2,1H3. The quantitative estimate of drug-likeness (QED) is 0.398. The van der Waals surface area contributed by atoms with Crippen molar-refractivity contribution in [1.29, 1.82) is 0 Å². The number of hydrogen-bond donors (Lipinski definition) is 0. The van der Waals surface area contributed by atoms with E-state index >= 15 is 0 Å². The molecular weight excluding hydrogens is 114 g/mol. The average molecular weight is 129 g/mol. The maximum Gasteiger partial charge on any atom is 0.0720 e. The summed E-state index contributed by atoms with van der Waals surface area (Å²) in [6.07, 6.45) is 5.98. The van der Waals surface area contributed by atoms with Crippen molar-refractivity contribution in [2.45, 2.75) is 39.0 Å². The van der Waals surface area contributed by atoms with Crippen LogP contribution in [0.25, 0.3) is 0 Å². The van der Waals surface area contributed by atoms with Crippen LogP contribution in [0.2, 0.25) is 0 Å². The summed E-state index contributed by atoms with van der Waals surface area (Å²) in [4.78, 5) is 3.92. The molecule has 0 heterocycles. The second-order valence-corrected chi connectivity index (χ2v) is 2.25. The molecule has 0 atom stereocenters. The maximum absolute atomic E-state index is 7.92. The predicted octanol–water partition coefficient (Wildman–Crippen LogP) is 1.96. The minimum absolute atomic E-state index is 0.490. The van der Waals surface area contributed by atoms with E-state index in [-0.39, 0.29) is 0 Å². The van der Waals surface area contributed by atoms with Gasteiger partial charge >= 0.3 is 0 Å². The number of unbranched alkanes of at least 4 members (excludes halogenated alkanes) is 4. The van der Waals surface area contributed by atoms with Crippen LogP contribution in [0.1, 0.15) is 39.0 Å². The Hall–Kier alpha value is -0.0800. The molecule has 0 fully saturated rings. The maximum atomic E-state index is 7.92. The summed E-state index contributed by atoms with van der Waals surface area (Å²) >= 11 is 0. The van der Waals surface area contributed by atoms with Gasteiger partial charge in [-0.15, -0.1) is 0 Å². The molecule has 0 rings (SSSR count). The molecule has 0 aromatic carbocycles. The highest BCUT2D eigenvalue weighted by Gasteiger charge is 1.86. The molecule has 0 aromatic rings. The molecule has 0 aliphatic heterocycles. The normalized spacial score (nSPS) is 10.0. The van der Waals surface area contributed by atoms with Crippen molar-refractivity contribution in [3.05, 3.63) is 0 Å². The van der Waals surface area contributed by atoms with E-state index in [9.17, 15) is 0 Å². The summed E-state index contributed by atoms with van der Waals surface area (Å²) in [7, 11) is 0. The fourth-order valence-corrected chi connectivity index (χ4v) is 0.770. The Labute approximate surface area is 57.3 Å². The summed E-state index contributed by atoms with van der Waals surface area (Å²) in [6.45, 7) is 2.67. The summed E-state index contributed by atoms with van der Waals surface area (Å²) in [5, 5.41) is 0. The van der Waals surface area contributed by atoms with Crippen molar-refractivity contribution in [3.8, 4) is 0 Å². The van der Waals surface area contributed by atoms with Crippen LogP contribution in [0, 0.1) is 0 Å². The summed E-state index contributed by atoms with van der Waals surface area (Å²) in [6, 6.07) is 0. The molecule has 0 N–H and O–H groups in total. The molecule has 0 amide bonds. The van der Waals surface area contributed by atoms with Crippen molar-refractivity contribution in [1.82, 2.24) is 5.90 Å². The third-order valence-corrected chi connectivity index (χ3v) is 1.34. The highest BCUT2D eigenvalue weighted by atomic mass is 16.6. The van der Waals surface area contributed by atoms with Gasteiger partial charge in [-0.05, 0) is 6.42 Å². The zero-order valence-corrected chi connectivity index (χ0v) is 6.10. The Kier molecular flexibility index (Phi) is 7.85. The molecule has 2 heteroatoms. The Bertz CT molecular complexity index is 42.2. The summed E-state index contributed by atoms with van der Waals surface area (Å²) < 4.78 is 0. The molecule has 0 aliphatic carbocycles. The van der Waals surface area contributed by atoms with Gasteiger partial charge in [0.25, 0.3) is 0 Å². The third kappa shape index (κ3) is 7.92. The predicted molar refractivity (Wildman–Crippen MR) is 36.8 cm³/mol. The van der Waals surface area contributed by atoms with Gasteiger partial charge in [0.15, 0.2) is 0 Å². The minimum Gasteiger partial charge on any atom is -0.264 e. The van der Waals surface area contributed by atoms with E-state index < -0.39 is 0 Å². The molecule has 0 unspecified atom stereocenters. The van der Waals surface area contributed by atoms with Gasteiger partial charge in [0.1, 0.15) is 0 Å². The van der Waals surface area contributed by atoms with Crippen LogP contribution in [0.4, 0.5) is 0 Å². The lowest BCUT2D eigenvalue weighted by Gasteiger charge is -1.95. The zero-order chi connectivity index (χ0) is 6.95. The first-order valence-corrected chi connectivity index (χ1v) is 3.68. The van der Waals surface area contributed by atoms with Crippen LogP contribution in [-0.2, 0) is 4.84 Å². The highest BCUT2D eigenvalue weighted by molar-refractivity contribution is 4.39. The SMILES string of the molecule is CCCCCCCO[N]. The van der Waals surface area contributed by atoms with Crippen LogP contribution < -0.4 is 5.90 Å². The van der Waals surface area contributed by atoms with Gasteiger partial charge in [-0.2, -0.15) is 0 Å². The second kappa shape index (κ2) is 7.92. The number of rotatable bonds is 6. The van der Waals surface area contributed by atoms with Gasteiger partial charge in [0.05, 0.1) is 6.61 Å². The van der Waals surface area contributed by atoms with E-state index in [2.05, 4.69) is 11.8 Å². The Balaban J connectivity index is 2.60. The smallest absolute Gasteiger partial charge is 0.0720 e. The largest absolute Gasteiger partial charge is 0.264 e. The summed E-state index contributed by atoms with van der Waals surface area (Å²) in [5.74, 6) is 7.92. The third-order valence-electron chi connectivity index (χ3n) is 1.34. The first-order valence-electron chi connectivity index (χ1n) is 3.68. The Morgan fingerprint density at radius 1 is 1.11 bits per heavy atom. The van der Waals surface area contributed by atoms with E-state index in [0.29, 0.717) is 6.61 Å². The molecule has 54 valence electrons. The van der Waals surface area contributed by atoms with Crippen LogP contribution in [0.15, 0.2) is 0 Å². The fourth-order valence-electron chi connectivity index (χ4n) is 0.770. The molecule has 0 bridgehead atoms. The van der Waals surface area contributed by atoms with E-state index in [4.69, 9.17) is 5.90 Å². The Morgan fingerprint density at radius 3 is 2.33 bits per heavy atom. The van der Waals surface area contributed by atoms with Crippen LogP contribution in [0.3, 0.4) is 0 Å². The average Bonchev–Trinajstić information content (AvgIpc) is 1.89. The molecule has 0 spiro atoms. The van der Waals surface area contributed by atoms with E-state index in [1.807, 2.05) is 0 Å². The van der Waals surface area contributed by atoms with Crippen molar-refractivity contribution in [2.24, 2.45) is 0 Å². The fraction of sp³-hybridized carbons (Fsp3) is 1.00. The topological polar surface area (TPSA) is 31.5 Å². The molecule has 9 heavy (non-hydrogen) atoms. The lowest BCUT2D eigenvalue weighted by atomic mass is 10.2. The van der Waals surface area contributed by atoms with Crippen LogP contribution in [-0.4, -0.2) is 6.61 Å². The van der Waals surface area contributed by atoms with Crippen molar-refractivity contribution < 1.29 is 4.84 Å². The minimum atomic E-state index is 0.490. The summed E-state index contributed by atoms with van der Waals surface area (Å²) in [5.41, 5.74) is 0. The van der Waals surface area contributed by atoms with Gasteiger partial charge in [-0.25, -0.2) is 0 Å². The lowest BCUT2D eigenvalue weighted by Crippen LogP contribution is -1.89. The van der Waals surface area contributed by atoms with Crippen molar-refractivity contribution in [3.63, 3.8) is 0 Å². The van der Waals surface area contributed by atoms with Crippen molar-refractivity contribution >= 4 is 0 Å². The second-order valence-electron chi connectivity index (χ2n) is 2.25. The first-order chi connectivity index (χ1) is 4.41. The molecule has 2 nitrogen and oxygen atoms in total. The van der Waals surface area contributed by atoms with Crippen LogP contribution >= 0.6 is 0 Å². The van der Waals surface area contributed by atoms with Crippen molar-refractivity contribution in [2.75, 3.05) is 6.61 Å². The Morgan fingerprint density at radius 2 is 1.78 bits per heavy atom. The van der Waals surface area contributed by atoms with Gasteiger partial charge in [0.2, 0.25) is 0 Å². The van der Waals surface area contributed by atoms with E-state index in [1.54, 1.807) is 0 Å². The molecule has 0 aromatic heterocycles. The van der Waals surface area contributed by atoms with Gasteiger partial charge in [-0.3, -0.25) is 4.84 Å². The molecule has 2 radical (unpaired) electrons. The molecule has 0 aliphatic rings. The zero-order valence-electron chi connectivity index (χ0n) is 6.10. The number of nitrogens with zero attached hydrogens (tertiary/aromatic N) is 1. The molecule has 0 saturated carbocycles. The molecular formula is C7H15NO. The van der Waals surface area contributed by atoms with Gasteiger partial charge in [0, 0.05) is 5.90 Å². The highest BCUT2D eigenvalue weighted by Crippen LogP contribution is 2.01. The first kappa shape index (κ1) is 8.92. The van der Waals surface area contributed by atoms with E-state index in [1.165, 1.54) is 25.7 Å². The van der Waals surface area contributed by atoms with E-state index in [0.717, 1.165) is 6.42 Å². The lowest BCUT2D eigenvalue weighted by molar-refractivity contribution is 0.114. The van der Waals surface area contributed by atoms with Crippen LogP contribution in [0.5, 0.6) is 0 Å². The molecule has 0 saturated heterocycles. The van der Waals surface area contributed by atoms with Gasteiger partial charge < -0.3 is 0 Å². The monoisotopic (exact) mass is 129 g/mol. The number of hydrogen-bond acceptors (Lipinski definition) is 1.